The fourth-order valence-electron chi connectivity index (χ4n) is 4.11. The third-order valence-electron chi connectivity index (χ3n) is 6.29. The van der Waals surface area contributed by atoms with Crippen LogP contribution in [0.5, 0.6) is 0 Å². The number of amides is 1. The van der Waals surface area contributed by atoms with E-state index in [-0.39, 0.29) is 11.5 Å². The Kier molecular flexibility index (Phi) is 9.34. The lowest BCUT2D eigenvalue weighted by Crippen LogP contribution is -2.48. The number of hydrogen-bond donors (Lipinski definition) is 3. The minimum absolute atomic E-state index is 0.0808. The average Bonchev–Trinajstić information content (AvgIpc) is 2.90. The minimum Gasteiger partial charge on any atom is -0.354 e. The number of aromatic nitrogens is 3. The summed E-state index contributed by atoms with van der Waals surface area (Å²) in [6.45, 7) is 8.54. The second-order valence-electron chi connectivity index (χ2n) is 8.99. The molecule has 3 N–H and O–H groups in total. The summed E-state index contributed by atoms with van der Waals surface area (Å²) in [5, 5.41) is 18.0. The first-order valence-corrected chi connectivity index (χ1v) is 12.7. The molecule has 9 nitrogen and oxygen atoms in total. The number of hydrogen-bond acceptors (Lipinski definition) is 8. The van der Waals surface area contributed by atoms with Crippen LogP contribution in [-0.2, 0) is 4.79 Å². The summed E-state index contributed by atoms with van der Waals surface area (Å²) in [5.74, 6) is -0.0616. The number of anilines is 3. The Morgan fingerprint density at radius 2 is 1.81 bits per heavy atom. The van der Waals surface area contributed by atoms with Gasteiger partial charge in [0, 0.05) is 80.8 Å². The minimum atomic E-state index is -0.432. The van der Waals surface area contributed by atoms with Gasteiger partial charge in [0.05, 0.1) is 17.1 Å². The molecule has 0 spiro atoms. The molecule has 2 aromatic heterocycles. The molecule has 37 heavy (non-hydrogen) atoms. The quantitative estimate of drug-likeness (QED) is 0.369. The Labute approximate surface area is 221 Å². The Hall–Kier alpha value is -3.18. The van der Waals surface area contributed by atoms with Crippen molar-refractivity contribution in [1.82, 2.24) is 30.3 Å². The van der Waals surface area contributed by atoms with Crippen molar-refractivity contribution in [2.45, 2.75) is 13.3 Å². The van der Waals surface area contributed by atoms with Crippen LogP contribution in [0.1, 0.15) is 12.1 Å². The Morgan fingerprint density at radius 1 is 1.05 bits per heavy atom. The largest absolute Gasteiger partial charge is 0.354 e. The number of likely N-dealkylation sites (N-methyl/N-ethyl adjacent to an activating group) is 1. The molecule has 0 radical (unpaired) electrons. The molecular weight excluding hydrogens is 495 g/mol. The van der Waals surface area contributed by atoms with E-state index in [2.05, 4.69) is 40.9 Å². The van der Waals surface area contributed by atoms with Crippen molar-refractivity contribution in [2.24, 2.45) is 0 Å². The van der Waals surface area contributed by atoms with Crippen LogP contribution in [-0.4, -0.2) is 83.7 Å². The molecule has 3 aromatic rings. The van der Waals surface area contributed by atoms with Crippen molar-refractivity contribution in [3.63, 3.8) is 0 Å². The maximum absolute atomic E-state index is 14.3. The summed E-state index contributed by atoms with van der Waals surface area (Å²) < 4.78 is 14.3. The molecule has 3 heterocycles. The normalized spacial score (nSPS) is 14.5. The number of pyridine rings is 1. The van der Waals surface area contributed by atoms with Gasteiger partial charge in [-0.25, -0.2) is 9.37 Å². The molecular formula is C26H32ClFN8O. The van der Waals surface area contributed by atoms with Gasteiger partial charge in [0.1, 0.15) is 11.6 Å². The Morgan fingerprint density at radius 3 is 2.57 bits per heavy atom. The summed E-state index contributed by atoms with van der Waals surface area (Å²) in [6, 6.07) is 9.55. The molecule has 196 valence electrons. The smallest absolute Gasteiger partial charge is 0.226 e. The second-order valence-corrected chi connectivity index (χ2v) is 9.43. The van der Waals surface area contributed by atoms with Crippen LogP contribution in [0.4, 0.5) is 21.6 Å². The lowest BCUT2D eigenvalue weighted by atomic mass is 10.1. The first-order valence-electron chi connectivity index (χ1n) is 12.3. The number of benzene rings is 1. The van der Waals surface area contributed by atoms with E-state index in [1.165, 1.54) is 18.2 Å². The maximum atomic E-state index is 14.3. The highest BCUT2D eigenvalue weighted by Crippen LogP contribution is 2.28. The van der Waals surface area contributed by atoms with Crippen molar-refractivity contribution in [3.05, 3.63) is 59.1 Å². The monoisotopic (exact) mass is 526 g/mol. The third-order valence-corrected chi connectivity index (χ3v) is 6.52. The Bertz CT molecular complexity index is 1220. The van der Waals surface area contributed by atoms with Crippen LogP contribution < -0.4 is 16.0 Å². The lowest BCUT2D eigenvalue weighted by Gasteiger charge is -2.34. The number of carbonyl (C=O) groups excluding carboxylic acids is 1. The fraction of sp³-hybridized carbons (Fsp3) is 0.385. The van der Waals surface area contributed by atoms with E-state index in [4.69, 9.17) is 11.6 Å². The predicted molar refractivity (Wildman–Crippen MR) is 145 cm³/mol. The molecule has 1 aromatic carbocycles. The molecule has 0 unspecified atom stereocenters. The number of nitrogens with one attached hydrogen (secondary N) is 3. The molecule has 0 aliphatic carbocycles. The summed E-state index contributed by atoms with van der Waals surface area (Å²) in [5.41, 5.74) is 2.63. The number of halogens is 2. The van der Waals surface area contributed by atoms with Gasteiger partial charge < -0.3 is 20.9 Å². The fourth-order valence-corrected chi connectivity index (χ4v) is 4.28. The Balaban J connectivity index is 1.33. The van der Waals surface area contributed by atoms with Crippen molar-refractivity contribution in [2.75, 3.05) is 63.5 Å². The van der Waals surface area contributed by atoms with E-state index in [1.54, 1.807) is 31.3 Å². The van der Waals surface area contributed by atoms with Crippen LogP contribution in [0, 0.1) is 12.7 Å². The highest BCUT2D eigenvalue weighted by Gasteiger charge is 2.17. The molecule has 4 rings (SSSR count). The van der Waals surface area contributed by atoms with E-state index in [0.717, 1.165) is 39.3 Å². The van der Waals surface area contributed by atoms with Gasteiger partial charge in [-0.15, -0.1) is 0 Å². The molecule has 0 bridgehead atoms. The van der Waals surface area contributed by atoms with Gasteiger partial charge >= 0.3 is 0 Å². The number of rotatable bonds is 10. The van der Waals surface area contributed by atoms with E-state index >= 15 is 0 Å². The van der Waals surface area contributed by atoms with Crippen molar-refractivity contribution in [1.29, 1.82) is 0 Å². The standard InChI is InChI=1S/C26H32ClFN8O/c1-18-23(17-24(34-33-18)21-15-19(27)3-4-22(21)28)31-20-5-7-30-25(16-20)32-26(37)6-9-35-11-13-36(14-12-35)10-8-29-2/h3-5,7,15-17,29H,6,8-14H2,1-2H3,(H2,30,31,32,34,37). The summed E-state index contributed by atoms with van der Waals surface area (Å²) >= 11 is 6.04. The zero-order valence-corrected chi connectivity index (χ0v) is 21.9. The van der Waals surface area contributed by atoms with Crippen molar-refractivity contribution >= 4 is 34.7 Å². The highest BCUT2D eigenvalue weighted by atomic mass is 35.5. The number of aryl methyl sites for hydroxylation is 1. The highest BCUT2D eigenvalue weighted by molar-refractivity contribution is 6.30. The number of piperazine rings is 1. The molecule has 1 aliphatic rings. The van der Waals surface area contributed by atoms with Crippen LogP contribution in [0.15, 0.2) is 42.6 Å². The van der Waals surface area contributed by atoms with Gasteiger partial charge in [-0.3, -0.25) is 9.69 Å². The molecule has 1 amide bonds. The first kappa shape index (κ1) is 26.9. The number of carbonyl (C=O) groups is 1. The van der Waals surface area contributed by atoms with Crippen LogP contribution in [0.25, 0.3) is 11.3 Å². The van der Waals surface area contributed by atoms with E-state index in [1.807, 2.05) is 7.05 Å². The molecule has 0 atom stereocenters. The van der Waals surface area contributed by atoms with E-state index in [0.29, 0.717) is 46.6 Å². The van der Waals surface area contributed by atoms with Gasteiger partial charge in [0.15, 0.2) is 0 Å². The zero-order valence-electron chi connectivity index (χ0n) is 21.1. The van der Waals surface area contributed by atoms with Gasteiger partial charge in [-0.2, -0.15) is 10.2 Å². The topological polar surface area (TPSA) is 98.3 Å². The van der Waals surface area contributed by atoms with Crippen LogP contribution in [0.2, 0.25) is 5.02 Å². The molecule has 1 saturated heterocycles. The summed E-state index contributed by atoms with van der Waals surface area (Å²) in [7, 11) is 1.97. The van der Waals surface area contributed by atoms with Gasteiger partial charge in [0.25, 0.3) is 0 Å². The van der Waals surface area contributed by atoms with Gasteiger partial charge in [-0.1, -0.05) is 11.6 Å². The van der Waals surface area contributed by atoms with E-state index in [9.17, 15) is 9.18 Å². The molecule has 0 saturated carbocycles. The number of nitrogens with zero attached hydrogens (tertiary/aromatic N) is 5. The average molecular weight is 527 g/mol. The molecule has 1 fully saturated rings. The van der Waals surface area contributed by atoms with Crippen molar-refractivity contribution in [3.8, 4) is 11.3 Å². The van der Waals surface area contributed by atoms with Crippen molar-refractivity contribution < 1.29 is 9.18 Å². The predicted octanol–water partition coefficient (Wildman–Crippen LogP) is 3.55. The van der Waals surface area contributed by atoms with Gasteiger partial charge in [-0.05, 0) is 44.3 Å². The maximum Gasteiger partial charge on any atom is 0.226 e. The first-order chi connectivity index (χ1) is 17.9. The van der Waals surface area contributed by atoms with Crippen LogP contribution in [0.3, 0.4) is 0 Å². The lowest BCUT2D eigenvalue weighted by molar-refractivity contribution is -0.116. The zero-order chi connectivity index (χ0) is 26.2. The summed E-state index contributed by atoms with van der Waals surface area (Å²) in [6.07, 6.45) is 2.02. The van der Waals surface area contributed by atoms with Crippen LogP contribution >= 0.6 is 11.6 Å². The molecule has 11 heteroatoms. The van der Waals surface area contributed by atoms with Gasteiger partial charge in [0.2, 0.25) is 5.91 Å². The summed E-state index contributed by atoms with van der Waals surface area (Å²) in [4.78, 5) is 21.6. The van der Waals surface area contributed by atoms with E-state index < -0.39 is 5.82 Å². The molecule has 1 aliphatic heterocycles. The SMILES string of the molecule is CNCCN1CCN(CCC(=O)Nc2cc(Nc3cc(-c4cc(Cl)ccc4F)nnc3C)ccn2)CC1. The second kappa shape index (κ2) is 12.9. The third kappa shape index (κ3) is 7.65.